The van der Waals surface area contributed by atoms with E-state index >= 15 is 0 Å². The Labute approximate surface area is 200 Å². The zero-order valence-electron chi connectivity index (χ0n) is 18.1. The first kappa shape index (κ1) is 22.9. The lowest BCUT2D eigenvalue weighted by Gasteiger charge is -2.34. The number of nitrogens with one attached hydrogen (secondary N) is 1. The van der Waals surface area contributed by atoms with Crippen molar-refractivity contribution in [3.05, 3.63) is 88.7 Å². The van der Waals surface area contributed by atoms with Crippen molar-refractivity contribution in [1.29, 1.82) is 0 Å². The van der Waals surface area contributed by atoms with Crippen molar-refractivity contribution in [1.82, 2.24) is 0 Å². The Hall–Kier alpha value is -2.74. The monoisotopic (exact) mass is 527 g/mol. The fourth-order valence-electron chi connectivity index (χ4n) is 4.27. The molecule has 2 aromatic carbocycles. The van der Waals surface area contributed by atoms with Crippen LogP contribution in [0.25, 0.3) is 0 Å². The van der Waals surface area contributed by atoms with Gasteiger partial charge in [-0.3, -0.25) is 14.5 Å². The van der Waals surface area contributed by atoms with Crippen molar-refractivity contribution in [2.45, 2.75) is 40.3 Å². The van der Waals surface area contributed by atoms with Gasteiger partial charge in [-0.2, -0.15) is 4.57 Å². The second kappa shape index (κ2) is 9.18. The topological polar surface area (TPSA) is 53.3 Å². The molecule has 31 heavy (non-hydrogen) atoms. The molecule has 4 rings (SSSR count). The predicted molar refractivity (Wildman–Crippen MR) is 117 cm³/mol. The van der Waals surface area contributed by atoms with Gasteiger partial charge in [0.05, 0.1) is 5.69 Å². The van der Waals surface area contributed by atoms with Gasteiger partial charge in [0.2, 0.25) is 18.3 Å². The van der Waals surface area contributed by atoms with E-state index in [1.165, 1.54) is 0 Å². The van der Waals surface area contributed by atoms with Crippen LogP contribution in [0.1, 0.15) is 34.0 Å². The molecule has 1 aromatic heterocycles. The summed E-state index contributed by atoms with van der Waals surface area (Å²) in [6.07, 6.45) is 1.86. The van der Waals surface area contributed by atoms with Crippen molar-refractivity contribution < 1.29 is 38.1 Å². The average Bonchev–Trinajstić information content (AvgIpc) is 2.70. The van der Waals surface area contributed by atoms with Crippen LogP contribution in [0.15, 0.2) is 60.8 Å². The number of aryl methyl sites for hydroxylation is 4. The fourth-order valence-corrected chi connectivity index (χ4v) is 4.27. The lowest BCUT2D eigenvalue weighted by atomic mass is 10.00. The van der Waals surface area contributed by atoms with Crippen LogP contribution < -0.4 is 38.8 Å². The minimum atomic E-state index is -0.758. The summed E-state index contributed by atoms with van der Waals surface area (Å²) in [4.78, 5) is 28.6. The minimum Gasteiger partial charge on any atom is -1.00 e. The minimum absolute atomic E-state index is 0. The van der Waals surface area contributed by atoms with Crippen LogP contribution in [0.4, 0.5) is 11.4 Å². The summed E-state index contributed by atoms with van der Waals surface area (Å²) in [5.74, 6) is -0.319. The van der Waals surface area contributed by atoms with E-state index in [2.05, 4.69) is 5.32 Å². The Kier molecular flexibility index (Phi) is 6.79. The number of hydrogen-bond donors (Lipinski definition) is 1. The molecule has 5 nitrogen and oxygen atoms in total. The number of carbonyl (C=O) groups excluding carboxylic acids is 2. The molecule has 1 N–H and O–H groups in total. The second-order valence-electron chi connectivity index (χ2n) is 7.92. The third kappa shape index (κ3) is 4.21. The number of halogens is 1. The van der Waals surface area contributed by atoms with E-state index < -0.39 is 6.04 Å². The highest BCUT2D eigenvalue weighted by atomic mass is 127. The molecular weight excluding hydrogens is 501 g/mol. The number of aromatic nitrogens is 1. The molecule has 6 heteroatoms. The van der Waals surface area contributed by atoms with Gasteiger partial charge >= 0.3 is 0 Å². The van der Waals surface area contributed by atoms with Crippen LogP contribution in [-0.4, -0.2) is 11.8 Å². The number of anilines is 2. The maximum absolute atomic E-state index is 13.7. The average molecular weight is 527 g/mol. The summed E-state index contributed by atoms with van der Waals surface area (Å²) in [6.45, 7) is 8.10. The Balaban J connectivity index is 0.00000272. The number of hydrogen-bond acceptors (Lipinski definition) is 2. The summed E-state index contributed by atoms with van der Waals surface area (Å²) in [5, 5.41) is 3.10. The maximum atomic E-state index is 13.7. The Morgan fingerprint density at radius 2 is 1.48 bits per heavy atom. The van der Waals surface area contributed by atoms with Crippen LogP contribution in [0.2, 0.25) is 0 Å². The van der Waals surface area contributed by atoms with Crippen molar-refractivity contribution in [2.75, 3.05) is 10.2 Å². The Morgan fingerprint density at radius 1 is 0.903 bits per heavy atom. The molecule has 1 unspecified atom stereocenters. The first-order chi connectivity index (χ1) is 14.4. The highest BCUT2D eigenvalue weighted by Crippen LogP contribution is 2.35. The third-order valence-electron chi connectivity index (χ3n) is 5.75. The van der Waals surface area contributed by atoms with E-state index in [0.717, 1.165) is 39.3 Å². The molecule has 1 aliphatic rings. The van der Waals surface area contributed by atoms with Crippen LogP contribution in [0.3, 0.4) is 0 Å². The highest BCUT2D eigenvalue weighted by molar-refractivity contribution is 6.06. The van der Waals surface area contributed by atoms with Gasteiger partial charge in [-0.05, 0) is 49.9 Å². The maximum Gasteiger partial charge on any atom is 0.294 e. The van der Waals surface area contributed by atoms with E-state index in [1.807, 2.05) is 93.1 Å². The molecule has 1 aliphatic heterocycles. The number of pyridine rings is 1. The highest BCUT2D eigenvalue weighted by Gasteiger charge is 2.44. The SMILES string of the molecule is Cc1cccc(C)c1NC(=O)C1c2cccc[n+]2CC(=O)N1c1c(C)cccc1C.[I-]. The van der Waals surface area contributed by atoms with Gasteiger partial charge in [-0.25, -0.2) is 0 Å². The van der Waals surface area contributed by atoms with E-state index in [0.29, 0.717) is 0 Å². The largest absolute Gasteiger partial charge is 1.00 e. The molecule has 2 amide bonds. The van der Waals surface area contributed by atoms with Crippen molar-refractivity contribution in [3.8, 4) is 0 Å². The van der Waals surface area contributed by atoms with Crippen LogP contribution in [0.5, 0.6) is 0 Å². The van der Waals surface area contributed by atoms with Gasteiger partial charge in [0, 0.05) is 17.8 Å². The molecule has 160 valence electrons. The molecular formula is C25H26IN3O2. The summed E-state index contributed by atoms with van der Waals surface area (Å²) < 4.78 is 1.86. The second-order valence-corrected chi connectivity index (χ2v) is 7.92. The summed E-state index contributed by atoms with van der Waals surface area (Å²) in [7, 11) is 0. The number of nitrogens with zero attached hydrogens (tertiary/aromatic N) is 2. The molecule has 0 radical (unpaired) electrons. The van der Waals surface area contributed by atoms with Crippen LogP contribution >= 0.6 is 0 Å². The third-order valence-corrected chi connectivity index (χ3v) is 5.75. The zero-order valence-corrected chi connectivity index (χ0v) is 20.3. The number of benzene rings is 2. The molecule has 0 saturated carbocycles. The Morgan fingerprint density at radius 3 is 2.10 bits per heavy atom. The molecule has 2 heterocycles. The van der Waals surface area contributed by atoms with Gasteiger partial charge in [-0.1, -0.05) is 42.5 Å². The molecule has 3 aromatic rings. The van der Waals surface area contributed by atoms with Crippen LogP contribution in [0, 0.1) is 27.7 Å². The molecule has 0 spiro atoms. The standard InChI is InChI=1S/C25H25N3O2.HI/c1-16-9-7-10-17(2)22(16)26-25(30)24-20-13-5-6-14-27(20)15-21(29)28(24)23-18(3)11-8-12-19(23)4;/h5-14,24H,15H2,1-4H3;1H. The Bertz CT molecular complexity index is 1120. The van der Waals surface area contributed by atoms with Crippen molar-refractivity contribution in [2.24, 2.45) is 0 Å². The van der Waals surface area contributed by atoms with Crippen molar-refractivity contribution in [3.63, 3.8) is 0 Å². The van der Waals surface area contributed by atoms with Gasteiger partial charge in [0.15, 0.2) is 6.20 Å². The number of rotatable bonds is 3. The van der Waals surface area contributed by atoms with E-state index in [4.69, 9.17) is 0 Å². The van der Waals surface area contributed by atoms with Gasteiger partial charge in [-0.15, -0.1) is 0 Å². The predicted octanol–water partition coefficient (Wildman–Crippen LogP) is 0.938. The lowest BCUT2D eigenvalue weighted by Crippen LogP contribution is -3.00. The van der Waals surface area contributed by atoms with Gasteiger partial charge in [0.25, 0.3) is 11.8 Å². The number of fused-ring (bicyclic) bond motifs is 1. The number of carbonyl (C=O) groups is 2. The van der Waals surface area contributed by atoms with E-state index in [1.54, 1.807) is 4.90 Å². The molecule has 0 aliphatic carbocycles. The molecule has 0 bridgehead atoms. The first-order valence-electron chi connectivity index (χ1n) is 10.1. The van der Waals surface area contributed by atoms with E-state index in [-0.39, 0.29) is 42.3 Å². The first-order valence-corrected chi connectivity index (χ1v) is 10.1. The van der Waals surface area contributed by atoms with Gasteiger partial charge < -0.3 is 29.3 Å². The summed E-state index contributed by atoms with van der Waals surface area (Å²) >= 11 is 0. The van der Waals surface area contributed by atoms with Gasteiger partial charge in [0.1, 0.15) is 0 Å². The summed E-state index contributed by atoms with van der Waals surface area (Å²) in [5.41, 5.74) is 6.32. The molecule has 0 fully saturated rings. The fraction of sp³-hybridized carbons (Fsp3) is 0.240. The smallest absolute Gasteiger partial charge is 0.294 e. The normalized spacial score (nSPS) is 15.2. The quantitative estimate of drug-likeness (QED) is 0.408. The van der Waals surface area contributed by atoms with Crippen molar-refractivity contribution >= 4 is 23.2 Å². The summed E-state index contributed by atoms with van der Waals surface area (Å²) in [6, 6.07) is 16.8. The molecule has 1 atom stereocenters. The van der Waals surface area contributed by atoms with E-state index in [9.17, 15) is 9.59 Å². The zero-order chi connectivity index (χ0) is 21.4. The molecule has 0 saturated heterocycles. The number of amides is 2. The number of para-hydroxylation sites is 2. The lowest BCUT2D eigenvalue weighted by molar-refractivity contribution is -0.695. The van der Waals surface area contributed by atoms with Crippen LogP contribution in [-0.2, 0) is 16.1 Å².